The Kier molecular flexibility index (Phi) is 7.80. The molecule has 4 unspecified atom stereocenters. The number of thioether (sulfide) groups is 1. The van der Waals surface area contributed by atoms with Gasteiger partial charge in [-0.2, -0.15) is 0 Å². The van der Waals surface area contributed by atoms with Crippen molar-refractivity contribution in [2.24, 2.45) is 29.6 Å². The molecule has 2 bridgehead atoms. The Morgan fingerprint density at radius 2 is 1.70 bits per heavy atom. The fraction of sp³-hybridized carbons (Fsp3) is 0.471. The summed E-state index contributed by atoms with van der Waals surface area (Å²) in [5.74, 6) is 0.0604. The number of fused-ring (bicyclic) bond motifs is 9. The summed E-state index contributed by atoms with van der Waals surface area (Å²) in [7, 11) is 0. The molecule has 4 heterocycles. The molecule has 0 radical (unpaired) electrons. The smallest absolute Gasteiger partial charge is 0.305 e. The van der Waals surface area contributed by atoms with E-state index < -0.39 is 0 Å². The van der Waals surface area contributed by atoms with E-state index in [9.17, 15) is 19.2 Å². The average Bonchev–Trinajstić information content (AvgIpc) is 3.80. The highest BCUT2D eigenvalue weighted by Gasteiger charge is 2.69. The van der Waals surface area contributed by atoms with Crippen molar-refractivity contribution in [1.29, 1.82) is 0 Å². The zero-order valence-electron chi connectivity index (χ0n) is 25.3. The second-order valence-corrected chi connectivity index (χ2v) is 15.9. The van der Waals surface area contributed by atoms with E-state index >= 15 is 0 Å². The summed E-state index contributed by atoms with van der Waals surface area (Å²) in [5, 5.41) is 0.946. The van der Waals surface area contributed by atoms with E-state index in [2.05, 4.69) is 20.9 Å². The standard InChI is InChI=1S/C34H34BrN3O6S2/c1-2-43-23-14-17(6-11-22(23)44-16-24(39)37-12-4-3-5-13-37)25-26-20-15-21(29(26)45-31-30(25)46-34(42)36-31)28-27(20)32(40)38(33(28)41)19-9-7-18(35)8-10-19/h6-11,14,20-21,25-29H,2-5,12-13,15-16H2,1H3,(H,36,42)/t20-,21-,25-,26?,27?,28?,29?/m1/s1. The van der Waals surface area contributed by atoms with Crippen molar-refractivity contribution in [3.8, 4) is 11.5 Å². The van der Waals surface area contributed by atoms with Gasteiger partial charge < -0.3 is 19.4 Å². The van der Waals surface area contributed by atoms with Crippen molar-refractivity contribution >= 4 is 62.4 Å². The number of thiazole rings is 1. The number of hydrogen-bond donors (Lipinski definition) is 1. The fourth-order valence-corrected chi connectivity index (χ4v) is 11.9. The number of imide groups is 1. The molecule has 2 aliphatic carbocycles. The first-order valence-corrected chi connectivity index (χ1v) is 18.5. The topological polar surface area (TPSA) is 109 Å². The number of carbonyl (C=O) groups excluding carboxylic acids is 3. The fourth-order valence-electron chi connectivity index (χ4n) is 8.71. The van der Waals surface area contributed by atoms with E-state index in [0.29, 0.717) is 23.8 Å². The Bertz CT molecular complexity index is 1770. The van der Waals surface area contributed by atoms with E-state index in [-0.39, 0.29) is 70.0 Å². The molecule has 2 saturated carbocycles. The molecule has 5 aliphatic rings. The molecule has 3 aliphatic heterocycles. The minimum absolute atomic E-state index is 0.00776. The van der Waals surface area contributed by atoms with Crippen molar-refractivity contribution in [2.75, 3.05) is 31.2 Å². The predicted molar refractivity (Wildman–Crippen MR) is 179 cm³/mol. The van der Waals surface area contributed by atoms with Crippen LogP contribution in [-0.2, 0) is 14.4 Å². The molecule has 46 heavy (non-hydrogen) atoms. The number of piperidine rings is 1. The number of rotatable bonds is 7. The van der Waals surface area contributed by atoms with Crippen molar-refractivity contribution in [2.45, 2.75) is 48.8 Å². The molecular formula is C34H34BrN3O6S2. The quantitative estimate of drug-likeness (QED) is 0.313. The summed E-state index contributed by atoms with van der Waals surface area (Å²) >= 11 is 6.35. The van der Waals surface area contributed by atoms with Crippen LogP contribution in [0.15, 0.2) is 56.8 Å². The van der Waals surface area contributed by atoms with Crippen molar-refractivity contribution in [3.63, 3.8) is 0 Å². The van der Waals surface area contributed by atoms with Gasteiger partial charge >= 0.3 is 4.87 Å². The number of H-pyrrole nitrogens is 1. The number of benzene rings is 2. The van der Waals surface area contributed by atoms with Gasteiger partial charge in [0, 0.05) is 33.6 Å². The third kappa shape index (κ3) is 4.85. The summed E-state index contributed by atoms with van der Waals surface area (Å²) in [5.41, 5.74) is 1.59. The highest BCUT2D eigenvalue weighted by molar-refractivity contribution is 9.10. The minimum Gasteiger partial charge on any atom is -0.490 e. The van der Waals surface area contributed by atoms with Gasteiger partial charge in [-0.25, -0.2) is 0 Å². The maximum absolute atomic E-state index is 14.0. The Morgan fingerprint density at radius 3 is 2.43 bits per heavy atom. The van der Waals surface area contributed by atoms with E-state index in [1.54, 1.807) is 11.8 Å². The average molecular weight is 725 g/mol. The van der Waals surface area contributed by atoms with E-state index in [1.165, 1.54) is 16.2 Å². The number of amides is 3. The normalized spacial score (nSPS) is 29.5. The van der Waals surface area contributed by atoms with E-state index in [4.69, 9.17) is 9.47 Å². The lowest BCUT2D eigenvalue weighted by atomic mass is 9.68. The second kappa shape index (κ2) is 11.9. The highest BCUT2D eigenvalue weighted by Crippen LogP contribution is 2.68. The zero-order chi connectivity index (χ0) is 31.7. The van der Waals surface area contributed by atoms with Crippen LogP contribution in [0.1, 0.15) is 49.0 Å². The maximum atomic E-state index is 14.0. The Balaban J connectivity index is 1.12. The SMILES string of the molecule is CCOc1cc([C@H]2c3sc(=O)[nH]c3SC3C2[C@H]2C[C@@H]3C3C(=O)N(c4ccc(Br)cc4)C(=O)C32)ccc1OCC(=O)N1CCCCC1. The van der Waals surface area contributed by atoms with Crippen LogP contribution >= 0.6 is 39.0 Å². The van der Waals surface area contributed by atoms with Crippen molar-refractivity contribution < 1.29 is 23.9 Å². The first kappa shape index (κ1) is 30.3. The lowest BCUT2D eigenvalue weighted by molar-refractivity contribution is -0.134. The molecule has 1 N–H and O–H groups in total. The monoisotopic (exact) mass is 723 g/mol. The Labute approximate surface area is 283 Å². The summed E-state index contributed by atoms with van der Waals surface area (Å²) in [4.78, 5) is 60.6. The molecule has 9 nitrogen and oxygen atoms in total. The summed E-state index contributed by atoms with van der Waals surface area (Å²) < 4.78 is 13.0. The van der Waals surface area contributed by atoms with Crippen molar-refractivity contribution in [1.82, 2.24) is 9.88 Å². The molecule has 2 aromatic carbocycles. The first-order chi connectivity index (χ1) is 22.3. The van der Waals surface area contributed by atoms with Crippen molar-refractivity contribution in [3.05, 3.63) is 67.0 Å². The number of likely N-dealkylation sites (tertiary alicyclic amines) is 1. The molecule has 3 aromatic rings. The molecule has 4 fully saturated rings. The van der Waals surface area contributed by atoms with Gasteiger partial charge in [0.25, 0.3) is 5.91 Å². The maximum Gasteiger partial charge on any atom is 0.305 e. The second-order valence-electron chi connectivity index (χ2n) is 12.8. The molecule has 1 aromatic heterocycles. The van der Waals surface area contributed by atoms with Crippen LogP contribution in [0.5, 0.6) is 11.5 Å². The van der Waals surface area contributed by atoms with Crippen LogP contribution < -0.4 is 19.2 Å². The van der Waals surface area contributed by atoms with Gasteiger partial charge in [0.1, 0.15) is 0 Å². The third-order valence-electron chi connectivity index (χ3n) is 10.5. The number of ether oxygens (including phenoxy) is 2. The number of anilines is 1. The van der Waals surface area contributed by atoms with Gasteiger partial charge in [-0.15, -0.1) is 11.8 Å². The minimum atomic E-state index is -0.377. The zero-order valence-corrected chi connectivity index (χ0v) is 28.5. The van der Waals surface area contributed by atoms with Gasteiger partial charge in [0.05, 0.1) is 29.2 Å². The van der Waals surface area contributed by atoms with E-state index in [0.717, 1.165) is 58.7 Å². The molecular weight excluding hydrogens is 690 g/mol. The third-order valence-corrected chi connectivity index (χ3v) is 13.6. The number of nitrogens with one attached hydrogen (secondary N) is 1. The number of carbonyl (C=O) groups is 3. The first-order valence-electron chi connectivity index (χ1n) is 16.0. The van der Waals surface area contributed by atoms with Crippen LogP contribution in [-0.4, -0.2) is 59.2 Å². The molecule has 12 heteroatoms. The Morgan fingerprint density at radius 1 is 0.957 bits per heavy atom. The molecule has 8 rings (SSSR count). The number of aromatic nitrogens is 1. The van der Waals surface area contributed by atoms with Crippen LogP contribution in [0, 0.1) is 29.6 Å². The van der Waals surface area contributed by atoms with Crippen LogP contribution in [0.3, 0.4) is 0 Å². The lowest BCUT2D eigenvalue weighted by Gasteiger charge is -2.43. The van der Waals surface area contributed by atoms with Gasteiger partial charge in [-0.3, -0.25) is 24.1 Å². The molecule has 3 amide bonds. The van der Waals surface area contributed by atoms with Gasteiger partial charge in [0.15, 0.2) is 18.1 Å². The summed E-state index contributed by atoms with van der Waals surface area (Å²) in [6, 6.07) is 13.2. The largest absolute Gasteiger partial charge is 0.490 e. The Hall–Kier alpha value is -3.09. The number of halogens is 1. The van der Waals surface area contributed by atoms with Gasteiger partial charge in [-0.05, 0) is 92.3 Å². The van der Waals surface area contributed by atoms with Gasteiger partial charge in [0.2, 0.25) is 11.8 Å². The number of nitrogens with zero attached hydrogens (tertiary/aromatic N) is 2. The van der Waals surface area contributed by atoms with E-state index in [1.807, 2.05) is 54.3 Å². The number of hydrogen-bond acceptors (Lipinski definition) is 8. The predicted octanol–water partition coefficient (Wildman–Crippen LogP) is 5.67. The number of aromatic amines is 1. The van der Waals surface area contributed by atoms with Crippen LogP contribution in [0.25, 0.3) is 0 Å². The highest BCUT2D eigenvalue weighted by atomic mass is 79.9. The molecule has 2 saturated heterocycles. The summed E-state index contributed by atoms with van der Waals surface area (Å²) in [6.07, 6.45) is 4.00. The van der Waals surface area contributed by atoms with Gasteiger partial charge in [-0.1, -0.05) is 33.3 Å². The molecule has 7 atom stereocenters. The molecule has 0 spiro atoms. The molecule has 240 valence electrons. The van der Waals surface area contributed by atoms with Crippen LogP contribution in [0.2, 0.25) is 0 Å². The lowest BCUT2D eigenvalue weighted by Crippen LogP contribution is -2.42. The van der Waals surface area contributed by atoms with Crippen LogP contribution in [0.4, 0.5) is 5.69 Å². The summed E-state index contributed by atoms with van der Waals surface area (Å²) in [6.45, 7) is 3.82.